The topological polar surface area (TPSA) is 29.5 Å². The highest BCUT2D eigenvalue weighted by molar-refractivity contribution is 5.72. The van der Waals surface area contributed by atoms with Gasteiger partial charge < -0.3 is 9.64 Å². The lowest BCUT2D eigenvalue weighted by atomic mass is 9.98. The number of hydrogen-bond donors (Lipinski definition) is 0. The molecule has 15 heavy (non-hydrogen) atoms. The van der Waals surface area contributed by atoms with Crippen LogP contribution in [0.2, 0.25) is 0 Å². The molecule has 1 atom stereocenters. The number of rotatable bonds is 4. The maximum atomic E-state index is 11.5. The van der Waals surface area contributed by atoms with Crippen LogP contribution in [0.15, 0.2) is 0 Å². The van der Waals surface area contributed by atoms with Crippen LogP contribution in [0.25, 0.3) is 0 Å². The minimum atomic E-state index is -0.0529. The monoisotopic (exact) mass is 209 g/mol. The molecule has 1 aliphatic rings. The molecule has 0 aromatic heterocycles. The van der Waals surface area contributed by atoms with Gasteiger partial charge in [-0.1, -0.05) is 0 Å². The number of piperidine rings is 1. The van der Waals surface area contributed by atoms with E-state index in [4.69, 9.17) is 11.2 Å². The third-order valence-corrected chi connectivity index (χ3v) is 2.70. The van der Waals surface area contributed by atoms with Crippen molar-refractivity contribution in [2.24, 2.45) is 5.92 Å². The second kappa shape index (κ2) is 6.47. The van der Waals surface area contributed by atoms with E-state index in [1.54, 1.807) is 0 Å². The molecule has 1 saturated heterocycles. The molecule has 0 unspecified atom stereocenters. The highest BCUT2D eigenvalue weighted by Gasteiger charge is 2.26. The lowest BCUT2D eigenvalue weighted by Crippen LogP contribution is -2.39. The first-order valence-electron chi connectivity index (χ1n) is 5.60. The van der Waals surface area contributed by atoms with Gasteiger partial charge in [-0.25, -0.2) is 0 Å². The zero-order chi connectivity index (χ0) is 11.1. The Morgan fingerprint density at radius 2 is 2.47 bits per heavy atom. The molecule has 1 fully saturated rings. The molecule has 0 aliphatic carbocycles. The minimum Gasteiger partial charge on any atom is -0.466 e. The molecule has 3 nitrogen and oxygen atoms in total. The van der Waals surface area contributed by atoms with Crippen molar-refractivity contribution in [1.82, 2.24) is 4.90 Å². The number of likely N-dealkylation sites (tertiary alicyclic amines) is 1. The average molecular weight is 209 g/mol. The summed E-state index contributed by atoms with van der Waals surface area (Å²) in [5.74, 6) is 2.63. The Bertz CT molecular complexity index is 244. The first-order valence-corrected chi connectivity index (χ1v) is 5.60. The van der Waals surface area contributed by atoms with Gasteiger partial charge in [0.25, 0.3) is 0 Å². The summed E-state index contributed by atoms with van der Waals surface area (Å²) in [6.07, 6.45) is 7.99. The fraction of sp³-hybridized carbons (Fsp3) is 0.750. The Kier molecular flexibility index (Phi) is 5.20. The average Bonchev–Trinajstić information content (AvgIpc) is 2.27. The smallest absolute Gasteiger partial charge is 0.310 e. The summed E-state index contributed by atoms with van der Waals surface area (Å²) in [7, 11) is 0. The second-order valence-corrected chi connectivity index (χ2v) is 3.85. The van der Waals surface area contributed by atoms with E-state index in [2.05, 4.69) is 10.8 Å². The van der Waals surface area contributed by atoms with E-state index < -0.39 is 0 Å². The molecule has 1 heterocycles. The number of hydrogen-bond acceptors (Lipinski definition) is 3. The Balaban J connectivity index is 2.35. The van der Waals surface area contributed by atoms with E-state index in [-0.39, 0.29) is 11.9 Å². The molecule has 0 saturated carbocycles. The quantitative estimate of drug-likeness (QED) is 0.516. The van der Waals surface area contributed by atoms with Crippen molar-refractivity contribution in [3.05, 3.63) is 0 Å². The standard InChI is InChI=1S/C12H19NO2/c1-3-5-8-13-9-6-7-11(10-13)12(14)15-4-2/h1,11H,4-10H2,2H3/t11-/m1/s1. The Morgan fingerprint density at radius 3 is 3.13 bits per heavy atom. The van der Waals surface area contributed by atoms with Crippen LogP contribution in [-0.4, -0.2) is 37.1 Å². The van der Waals surface area contributed by atoms with Crippen molar-refractivity contribution in [1.29, 1.82) is 0 Å². The van der Waals surface area contributed by atoms with Crippen molar-refractivity contribution in [2.75, 3.05) is 26.2 Å². The molecule has 0 aromatic rings. The molecule has 1 aliphatic heterocycles. The number of nitrogens with zero attached hydrogens (tertiary/aromatic N) is 1. The second-order valence-electron chi connectivity index (χ2n) is 3.85. The van der Waals surface area contributed by atoms with Crippen LogP contribution in [0, 0.1) is 18.3 Å². The molecular weight excluding hydrogens is 190 g/mol. The first kappa shape index (κ1) is 12.1. The van der Waals surface area contributed by atoms with Gasteiger partial charge in [0.15, 0.2) is 0 Å². The lowest BCUT2D eigenvalue weighted by Gasteiger charge is -2.30. The zero-order valence-electron chi connectivity index (χ0n) is 9.37. The zero-order valence-corrected chi connectivity index (χ0v) is 9.37. The Hall–Kier alpha value is -1.01. The van der Waals surface area contributed by atoms with Crippen LogP contribution in [0.5, 0.6) is 0 Å². The van der Waals surface area contributed by atoms with Crippen molar-refractivity contribution in [2.45, 2.75) is 26.2 Å². The molecule has 84 valence electrons. The minimum absolute atomic E-state index is 0.0523. The Labute approximate surface area is 91.8 Å². The van der Waals surface area contributed by atoms with Crippen LogP contribution in [-0.2, 0) is 9.53 Å². The highest BCUT2D eigenvalue weighted by Crippen LogP contribution is 2.17. The Morgan fingerprint density at radius 1 is 1.67 bits per heavy atom. The van der Waals surface area contributed by atoms with Gasteiger partial charge in [-0.2, -0.15) is 0 Å². The van der Waals surface area contributed by atoms with E-state index >= 15 is 0 Å². The molecular formula is C12H19NO2. The van der Waals surface area contributed by atoms with Crippen LogP contribution < -0.4 is 0 Å². The third kappa shape index (κ3) is 3.93. The van der Waals surface area contributed by atoms with Crippen LogP contribution in [0.4, 0.5) is 0 Å². The van der Waals surface area contributed by atoms with E-state index in [1.807, 2.05) is 6.92 Å². The molecule has 0 bridgehead atoms. The van der Waals surface area contributed by atoms with Gasteiger partial charge in [0.1, 0.15) is 0 Å². The van der Waals surface area contributed by atoms with Gasteiger partial charge in [0.2, 0.25) is 0 Å². The summed E-state index contributed by atoms with van der Waals surface area (Å²) >= 11 is 0. The SMILES string of the molecule is C#CCCN1CCC[C@@H](C(=O)OCC)C1. The summed E-state index contributed by atoms with van der Waals surface area (Å²) < 4.78 is 5.03. The van der Waals surface area contributed by atoms with E-state index in [1.165, 1.54) is 0 Å². The highest BCUT2D eigenvalue weighted by atomic mass is 16.5. The molecule has 0 amide bonds. The number of carbonyl (C=O) groups excluding carboxylic acids is 1. The van der Waals surface area contributed by atoms with Crippen molar-refractivity contribution in [3.8, 4) is 12.3 Å². The molecule has 0 radical (unpaired) electrons. The van der Waals surface area contributed by atoms with E-state index in [0.29, 0.717) is 6.61 Å². The summed E-state index contributed by atoms with van der Waals surface area (Å²) in [5, 5.41) is 0. The first-order chi connectivity index (χ1) is 7.27. The maximum absolute atomic E-state index is 11.5. The fourth-order valence-corrected chi connectivity index (χ4v) is 1.93. The molecule has 3 heteroatoms. The molecule has 0 spiro atoms. The fourth-order valence-electron chi connectivity index (χ4n) is 1.93. The summed E-state index contributed by atoms with van der Waals surface area (Å²) in [6, 6.07) is 0. The number of terminal acetylenes is 1. The van der Waals surface area contributed by atoms with Crippen molar-refractivity contribution >= 4 is 5.97 Å². The van der Waals surface area contributed by atoms with Gasteiger partial charge >= 0.3 is 5.97 Å². The third-order valence-electron chi connectivity index (χ3n) is 2.70. The van der Waals surface area contributed by atoms with Gasteiger partial charge in [-0.15, -0.1) is 12.3 Å². The summed E-state index contributed by atoms with van der Waals surface area (Å²) in [5.41, 5.74) is 0. The number of esters is 1. The van der Waals surface area contributed by atoms with Gasteiger partial charge in [-0.3, -0.25) is 4.79 Å². The van der Waals surface area contributed by atoms with Gasteiger partial charge in [0.05, 0.1) is 12.5 Å². The van der Waals surface area contributed by atoms with Gasteiger partial charge in [-0.05, 0) is 26.3 Å². The number of carbonyl (C=O) groups is 1. The molecule has 0 N–H and O–H groups in total. The number of ether oxygens (including phenoxy) is 1. The van der Waals surface area contributed by atoms with Crippen LogP contribution in [0.3, 0.4) is 0 Å². The predicted octanol–water partition coefficient (Wildman–Crippen LogP) is 1.28. The van der Waals surface area contributed by atoms with Crippen LogP contribution >= 0.6 is 0 Å². The summed E-state index contributed by atoms with van der Waals surface area (Å²) in [4.78, 5) is 13.8. The summed E-state index contributed by atoms with van der Waals surface area (Å²) in [6.45, 7) is 5.07. The molecule has 1 rings (SSSR count). The van der Waals surface area contributed by atoms with Crippen LogP contribution in [0.1, 0.15) is 26.2 Å². The maximum Gasteiger partial charge on any atom is 0.310 e. The lowest BCUT2D eigenvalue weighted by molar-refractivity contribution is -0.149. The van der Waals surface area contributed by atoms with E-state index in [0.717, 1.165) is 38.9 Å². The van der Waals surface area contributed by atoms with Crippen molar-refractivity contribution in [3.63, 3.8) is 0 Å². The van der Waals surface area contributed by atoms with E-state index in [9.17, 15) is 4.79 Å². The van der Waals surface area contributed by atoms with Gasteiger partial charge in [0, 0.05) is 19.5 Å². The molecule has 0 aromatic carbocycles. The van der Waals surface area contributed by atoms with Crippen molar-refractivity contribution < 1.29 is 9.53 Å². The largest absolute Gasteiger partial charge is 0.466 e. The predicted molar refractivity (Wildman–Crippen MR) is 59.2 cm³/mol. The normalized spacial score (nSPS) is 22.0.